The zero-order chi connectivity index (χ0) is 20.2. The van der Waals surface area contributed by atoms with Crippen molar-refractivity contribution in [3.63, 3.8) is 0 Å². The molecule has 3 heterocycles. The largest absolute Gasteiger partial charge is 0.368 e. The number of hydrogen-bond acceptors (Lipinski definition) is 6. The van der Waals surface area contributed by atoms with Crippen LogP contribution in [-0.2, 0) is 0 Å². The number of amides is 2. The van der Waals surface area contributed by atoms with Gasteiger partial charge in [-0.2, -0.15) is 0 Å². The van der Waals surface area contributed by atoms with Crippen LogP contribution in [0.1, 0.15) is 0 Å². The van der Waals surface area contributed by atoms with Crippen LogP contribution < -0.4 is 9.80 Å². The Balaban J connectivity index is 1.28. The predicted octanol–water partition coefficient (Wildman–Crippen LogP) is 2.05. The Labute approximate surface area is 169 Å². The van der Waals surface area contributed by atoms with Crippen LogP contribution in [-0.4, -0.2) is 78.1 Å². The van der Waals surface area contributed by atoms with Gasteiger partial charge in [0.05, 0.1) is 4.92 Å². The lowest BCUT2D eigenvalue weighted by Gasteiger charge is -2.41. The second-order valence-corrected chi connectivity index (χ2v) is 7.19. The van der Waals surface area contributed by atoms with Gasteiger partial charge in [0.2, 0.25) is 0 Å². The molecule has 2 aromatic rings. The Kier molecular flexibility index (Phi) is 5.46. The minimum Gasteiger partial charge on any atom is -0.368 e. The monoisotopic (exact) mass is 396 g/mol. The molecule has 0 radical (unpaired) electrons. The number of nitro benzene ring substituents is 1. The molecule has 0 aliphatic carbocycles. The van der Waals surface area contributed by atoms with Crippen molar-refractivity contribution in [3.8, 4) is 0 Å². The fourth-order valence-electron chi connectivity index (χ4n) is 3.81. The molecule has 2 fully saturated rings. The van der Waals surface area contributed by atoms with Crippen molar-refractivity contribution in [2.75, 3.05) is 62.2 Å². The van der Waals surface area contributed by atoms with Crippen molar-refractivity contribution in [1.29, 1.82) is 0 Å². The van der Waals surface area contributed by atoms with Gasteiger partial charge in [-0.05, 0) is 24.3 Å². The molecule has 0 bridgehead atoms. The lowest BCUT2D eigenvalue weighted by Crippen LogP contribution is -2.57. The number of aromatic nitrogens is 1. The second-order valence-electron chi connectivity index (χ2n) is 7.19. The van der Waals surface area contributed by atoms with Crippen LogP contribution in [0.25, 0.3) is 0 Å². The van der Waals surface area contributed by atoms with Gasteiger partial charge in [0.15, 0.2) is 0 Å². The Morgan fingerprint density at radius 2 is 1.41 bits per heavy atom. The average Bonchev–Trinajstić information content (AvgIpc) is 2.79. The zero-order valence-electron chi connectivity index (χ0n) is 16.2. The van der Waals surface area contributed by atoms with E-state index in [-0.39, 0.29) is 11.7 Å². The van der Waals surface area contributed by atoms with Crippen molar-refractivity contribution in [2.24, 2.45) is 0 Å². The van der Waals surface area contributed by atoms with E-state index in [1.165, 1.54) is 12.1 Å². The molecule has 9 nitrogen and oxygen atoms in total. The van der Waals surface area contributed by atoms with Gasteiger partial charge in [0, 0.05) is 76.4 Å². The molecule has 0 N–H and O–H groups in total. The van der Waals surface area contributed by atoms with Crippen molar-refractivity contribution in [2.45, 2.75) is 0 Å². The molecule has 0 saturated carbocycles. The fraction of sp³-hybridized carbons (Fsp3) is 0.400. The molecule has 29 heavy (non-hydrogen) atoms. The normalized spacial score (nSPS) is 17.4. The maximum absolute atomic E-state index is 12.9. The molecule has 152 valence electrons. The summed E-state index contributed by atoms with van der Waals surface area (Å²) in [7, 11) is 0. The topological polar surface area (TPSA) is 86.1 Å². The van der Waals surface area contributed by atoms with Gasteiger partial charge in [0.1, 0.15) is 5.82 Å². The maximum Gasteiger partial charge on any atom is 0.320 e. The predicted molar refractivity (Wildman–Crippen MR) is 110 cm³/mol. The van der Waals surface area contributed by atoms with Crippen LogP contribution in [0.2, 0.25) is 0 Å². The van der Waals surface area contributed by atoms with Crippen molar-refractivity contribution in [3.05, 3.63) is 58.8 Å². The van der Waals surface area contributed by atoms with E-state index < -0.39 is 4.92 Å². The summed E-state index contributed by atoms with van der Waals surface area (Å²) in [4.78, 5) is 35.8. The van der Waals surface area contributed by atoms with Gasteiger partial charge in [-0.25, -0.2) is 9.78 Å². The van der Waals surface area contributed by atoms with E-state index in [2.05, 4.69) is 14.8 Å². The van der Waals surface area contributed by atoms with E-state index in [4.69, 9.17) is 0 Å². The van der Waals surface area contributed by atoms with E-state index in [0.717, 1.165) is 37.7 Å². The molecule has 2 amide bonds. The SMILES string of the molecule is O=C(N1CCN(c2ccc([N+](=O)[O-])cc2)CC1)N1CCN(c2ccccn2)CC1. The number of urea groups is 1. The lowest BCUT2D eigenvalue weighted by atomic mass is 10.2. The molecule has 2 saturated heterocycles. The fourth-order valence-corrected chi connectivity index (χ4v) is 3.81. The van der Waals surface area contributed by atoms with Crippen molar-refractivity contribution in [1.82, 2.24) is 14.8 Å². The molecule has 1 aromatic heterocycles. The molecule has 1 aromatic carbocycles. The third kappa shape index (κ3) is 4.23. The third-order valence-electron chi connectivity index (χ3n) is 5.50. The highest BCUT2D eigenvalue weighted by atomic mass is 16.6. The van der Waals surface area contributed by atoms with E-state index in [9.17, 15) is 14.9 Å². The molecule has 9 heteroatoms. The first-order chi connectivity index (χ1) is 14.1. The Hall–Kier alpha value is -3.36. The van der Waals surface area contributed by atoms with Crippen LogP contribution in [0.5, 0.6) is 0 Å². The van der Waals surface area contributed by atoms with Crippen LogP contribution in [0.3, 0.4) is 0 Å². The van der Waals surface area contributed by atoms with Crippen LogP contribution in [0.15, 0.2) is 48.7 Å². The van der Waals surface area contributed by atoms with Crippen molar-refractivity contribution >= 4 is 23.2 Å². The summed E-state index contributed by atoms with van der Waals surface area (Å²) in [6.45, 7) is 5.69. The molecular weight excluding hydrogens is 372 g/mol. The number of piperazine rings is 2. The van der Waals surface area contributed by atoms with Crippen LogP contribution in [0, 0.1) is 10.1 Å². The molecular formula is C20H24N6O3. The first-order valence-electron chi connectivity index (χ1n) is 9.81. The van der Waals surface area contributed by atoms with Crippen molar-refractivity contribution < 1.29 is 9.72 Å². The number of nitro groups is 1. The Bertz CT molecular complexity index is 844. The van der Waals surface area contributed by atoms with E-state index >= 15 is 0 Å². The number of hydrogen-bond donors (Lipinski definition) is 0. The van der Waals surface area contributed by atoms with Gasteiger partial charge >= 0.3 is 6.03 Å². The number of rotatable bonds is 3. The van der Waals surface area contributed by atoms with E-state index in [0.29, 0.717) is 26.2 Å². The number of carbonyl (C=O) groups is 1. The molecule has 0 atom stereocenters. The lowest BCUT2D eigenvalue weighted by molar-refractivity contribution is -0.384. The minimum atomic E-state index is -0.395. The van der Waals surface area contributed by atoms with E-state index in [1.807, 2.05) is 28.0 Å². The average molecular weight is 396 g/mol. The number of carbonyl (C=O) groups excluding carboxylic acids is 1. The van der Waals surface area contributed by atoms with Gasteiger partial charge < -0.3 is 19.6 Å². The summed E-state index contributed by atoms with van der Waals surface area (Å²) in [5.74, 6) is 0.955. The maximum atomic E-state index is 12.9. The number of anilines is 2. The first-order valence-corrected chi connectivity index (χ1v) is 9.81. The molecule has 4 rings (SSSR count). The highest BCUT2D eigenvalue weighted by molar-refractivity contribution is 5.75. The van der Waals surface area contributed by atoms with Gasteiger partial charge in [-0.1, -0.05) is 6.07 Å². The van der Waals surface area contributed by atoms with Gasteiger partial charge in [-0.3, -0.25) is 10.1 Å². The summed E-state index contributed by atoms with van der Waals surface area (Å²) in [5, 5.41) is 10.8. The number of benzene rings is 1. The number of nitrogens with zero attached hydrogens (tertiary/aromatic N) is 6. The molecule has 2 aliphatic heterocycles. The summed E-state index contributed by atoms with van der Waals surface area (Å²) in [5.41, 5.74) is 1.04. The number of pyridine rings is 1. The number of non-ortho nitro benzene ring substituents is 1. The van der Waals surface area contributed by atoms with E-state index in [1.54, 1.807) is 18.3 Å². The molecule has 2 aliphatic rings. The second kappa shape index (κ2) is 8.34. The van der Waals surface area contributed by atoms with Gasteiger partial charge in [0.25, 0.3) is 5.69 Å². The first kappa shape index (κ1) is 19.0. The summed E-state index contributed by atoms with van der Waals surface area (Å²) in [6.07, 6.45) is 1.79. The van der Waals surface area contributed by atoms with Crippen LogP contribution >= 0.6 is 0 Å². The molecule has 0 spiro atoms. The summed E-state index contributed by atoms with van der Waals surface area (Å²) < 4.78 is 0. The highest BCUT2D eigenvalue weighted by Crippen LogP contribution is 2.21. The summed E-state index contributed by atoms with van der Waals surface area (Å²) in [6, 6.07) is 12.5. The summed E-state index contributed by atoms with van der Waals surface area (Å²) >= 11 is 0. The Morgan fingerprint density at radius 3 is 1.93 bits per heavy atom. The quantitative estimate of drug-likeness (QED) is 0.583. The zero-order valence-corrected chi connectivity index (χ0v) is 16.2. The smallest absolute Gasteiger partial charge is 0.320 e. The molecule has 0 unspecified atom stereocenters. The van der Waals surface area contributed by atoms with Crippen LogP contribution in [0.4, 0.5) is 22.0 Å². The minimum absolute atomic E-state index is 0.0902. The Morgan fingerprint density at radius 1 is 0.828 bits per heavy atom. The third-order valence-corrected chi connectivity index (χ3v) is 5.50. The van der Waals surface area contributed by atoms with Gasteiger partial charge in [-0.15, -0.1) is 0 Å². The highest BCUT2D eigenvalue weighted by Gasteiger charge is 2.28. The standard InChI is InChI=1S/C20H24N6O3/c27-20(25-15-11-23(12-16-25)19-3-1-2-8-21-19)24-13-9-22(10-14-24)17-4-6-18(7-5-17)26(28)29/h1-8H,9-16H2.